The SMILES string of the molecule is CNC(CCCC(=O)O)c1ccc(OC)cc1. The Balaban J connectivity index is 2.56. The molecule has 0 amide bonds. The fourth-order valence-corrected chi connectivity index (χ4v) is 1.77. The molecule has 0 saturated carbocycles. The maximum Gasteiger partial charge on any atom is 0.303 e. The van der Waals surface area contributed by atoms with Crippen molar-refractivity contribution in [1.82, 2.24) is 5.32 Å². The summed E-state index contributed by atoms with van der Waals surface area (Å²) in [6.07, 6.45) is 1.70. The van der Waals surface area contributed by atoms with E-state index in [-0.39, 0.29) is 12.5 Å². The molecule has 0 heterocycles. The molecule has 0 radical (unpaired) electrons. The van der Waals surface area contributed by atoms with Crippen LogP contribution in [0, 0.1) is 0 Å². The quantitative estimate of drug-likeness (QED) is 0.763. The number of ether oxygens (including phenoxy) is 1. The largest absolute Gasteiger partial charge is 0.497 e. The smallest absolute Gasteiger partial charge is 0.303 e. The zero-order chi connectivity index (χ0) is 12.7. The number of rotatable bonds is 7. The van der Waals surface area contributed by atoms with Gasteiger partial charge >= 0.3 is 5.97 Å². The molecule has 17 heavy (non-hydrogen) atoms. The first-order chi connectivity index (χ1) is 8.17. The number of aliphatic carboxylic acids is 1. The third-order valence-electron chi connectivity index (χ3n) is 2.75. The number of hydrogen-bond acceptors (Lipinski definition) is 3. The number of carbonyl (C=O) groups is 1. The minimum Gasteiger partial charge on any atom is -0.497 e. The second kappa shape index (κ2) is 6.91. The second-order valence-electron chi connectivity index (χ2n) is 3.90. The normalized spacial score (nSPS) is 12.1. The molecule has 4 nitrogen and oxygen atoms in total. The highest BCUT2D eigenvalue weighted by molar-refractivity contribution is 5.66. The van der Waals surface area contributed by atoms with Gasteiger partial charge in [0.15, 0.2) is 0 Å². The Labute approximate surface area is 102 Å². The second-order valence-corrected chi connectivity index (χ2v) is 3.90. The third kappa shape index (κ3) is 4.44. The molecule has 0 bridgehead atoms. The van der Waals surface area contributed by atoms with Crippen molar-refractivity contribution < 1.29 is 14.6 Å². The van der Waals surface area contributed by atoms with Crippen LogP contribution in [0.1, 0.15) is 30.9 Å². The molecule has 2 N–H and O–H groups in total. The van der Waals surface area contributed by atoms with E-state index in [4.69, 9.17) is 9.84 Å². The van der Waals surface area contributed by atoms with E-state index in [0.29, 0.717) is 6.42 Å². The van der Waals surface area contributed by atoms with Gasteiger partial charge in [-0.05, 0) is 37.6 Å². The monoisotopic (exact) mass is 237 g/mol. The fourth-order valence-electron chi connectivity index (χ4n) is 1.77. The molecule has 1 aromatic rings. The summed E-state index contributed by atoms with van der Waals surface area (Å²) < 4.78 is 5.10. The van der Waals surface area contributed by atoms with Crippen molar-refractivity contribution in [3.05, 3.63) is 29.8 Å². The van der Waals surface area contributed by atoms with Crippen molar-refractivity contribution >= 4 is 5.97 Å². The maximum absolute atomic E-state index is 10.5. The molecule has 94 valence electrons. The van der Waals surface area contributed by atoms with Crippen LogP contribution in [0.4, 0.5) is 0 Å². The molecule has 0 spiro atoms. The van der Waals surface area contributed by atoms with E-state index in [1.165, 1.54) is 0 Å². The first kappa shape index (κ1) is 13.5. The van der Waals surface area contributed by atoms with Crippen LogP contribution in [0.2, 0.25) is 0 Å². The van der Waals surface area contributed by atoms with Gasteiger partial charge in [0, 0.05) is 12.5 Å². The summed E-state index contributed by atoms with van der Waals surface area (Å²) in [5, 5.41) is 11.8. The van der Waals surface area contributed by atoms with Crippen molar-refractivity contribution in [2.75, 3.05) is 14.2 Å². The van der Waals surface area contributed by atoms with Gasteiger partial charge in [-0.15, -0.1) is 0 Å². The number of benzene rings is 1. The summed E-state index contributed by atoms with van der Waals surface area (Å²) in [7, 11) is 3.52. The van der Waals surface area contributed by atoms with E-state index >= 15 is 0 Å². The van der Waals surface area contributed by atoms with Gasteiger partial charge in [0.25, 0.3) is 0 Å². The lowest BCUT2D eigenvalue weighted by atomic mass is 10.0. The lowest BCUT2D eigenvalue weighted by molar-refractivity contribution is -0.137. The Kier molecular flexibility index (Phi) is 5.49. The molecule has 4 heteroatoms. The van der Waals surface area contributed by atoms with Gasteiger partial charge < -0.3 is 15.2 Å². The highest BCUT2D eigenvalue weighted by Crippen LogP contribution is 2.21. The molecule has 0 saturated heterocycles. The number of methoxy groups -OCH3 is 1. The number of nitrogens with one attached hydrogen (secondary N) is 1. The topological polar surface area (TPSA) is 58.6 Å². The first-order valence-corrected chi connectivity index (χ1v) is 5.70. The minimum atomic E-state index is -0.741. The van der Waals surface area contributed by atoms with Crippen LogP contribution >= 0.6 is 0 Å². The van der Waals surface area contributed by atoms with Crippen molar-refractivity contribution in [2.45, 2.75) is 25.3 Å². The van der Waals surface area contributed by atoms with Crippen LogP contribution < -0.4 is 10.1 Å². The van der Waals surface area contributed by atoms with E-state index < -0.39 is 5.97 Å². The summed E-state index contributed by atoms with van der Waals surface area (Å²) in [6, 6.07) is 8.02. The molecule has 1 atom stereocenters. The van der Waals surface area contributed by atoms with Gasteiger partial charge in [0.2, 0.25) is 0 Å². The predicted octanol–water partition coefficient (Wildman–Crippen LogP) is 2.21. The summed E-state index contributed by atoms with van der Waals surface area (Å²) >= 11 is 0. The van der Waals surface area contributed by atoms with Crippen molar-refractivity contribution in [2.24, 2.45) is 0 Å². The predicted molar refractivity (Wildman–Crippen MR) is 66.3 cm³/mol. The van der Waals surface area contributed by atoms with Crippen LogP contribution in [-0.2, 0) is 4.79 Å². The van der Waals surface area contributed by atoms with E-state index in [1.54, 1.807) is 7.11 Å². The Morgan fingerprint density at radius 2 is 2.06 bits per heavy atom. The number of carboxylic acids is 1. The van der Waals surface area contributed by atoms with Crippen LogP contribution in [0.5, 0.6) is 5.75 Å². The Hall–Kier alpha value is -1.55. The van der Waals surface area contributed by atoms with Gasteiger partial charge in [0.1, 0.15) is 5.75 Å². The van der Waals surface area contributed by atoms with E-state index in [1.807, 2.05) is 31.3 Å². The molecule has 0 aromatic heterocycles. The lowest BCUT2D eigenvalue weighted by Gasteiger charge is -2.16. The molecular weight excluding hydrogens is 218 g/mol. The molecule has 1 unspecified atom stereocenters. The fraction of sp³-hybridized carbons (Fsp3) is 0.462. The summed E-state index contributed by atoms with van der Waals surface area (Å²) in [6.45, 7) is 0. The van der Waals surface area contributed by atoms with Crippen molar-refractivity contribution in [1.29, 1.82) is 0 Å². The molecule has 0 aliphatic heterocycles. The number of carboxylic acid groups (broad SMARTS) is 1. The van der Waals surface area contributed by atoms with Crippen LogP contribution in [0.25, 0.3) is 0 Å². The maximum atomic E-state index is 10.5. The zero-order valence-electron chi connectivity index (χ0n) is 10.3. The van der Waals surface area contributed by atoms with Crippen LogP contribution in [0.15, 0.2) is 24.3 Å². The Bertz CT molecular complexity index is 348. The first-order valence-electron chi connectivity index (χ1n) is 5.70. The van der Waals surface area contributed by atoms with Crippen molar-refractivity contribution in [3.63, 3.8) is 0 Å². The van der Waals surface area contributed by atoms with Crippen LogP contribution in [-0.4, -0.2) is 25.2 Å². The molecule has 0 aliphatic carbocycles. The van der Waals surface area contributed by atoms with Crippen LogP contribution in [0.3, 0.4) is 0 Å². The van der Waals surface area contributed by atoms with E-state index in [9.17, 15) is 4.79 Å². The van der Waals surface area contributed by atoms with Gasteiger partial charge in [-0.1, -0.05) is 12.1 Å². The van der Waals surface area contributed by atoms with Gasteiger partial charge in [-0.3, -0.25) is 4.79 Å². The summed E-state index contributed by atoms with van der Waals surface area (Å²) in [4.78, 5) is 10.5. The summed E-state index contributed by atoms with van der Waals surface area (Å²) in [5.74, 6) is 0.0868. The Morgan fingerprint density at radius 3 is 2.53 bits per heavy atom. The molecule has 0 fully saturated rings. The summed E-state index contributed by atoms with van der Waals surface area (Å²) in [5.41, 5.74) is 1.15. The average molecular weight is 237 g/mol. The Morgan fingerprint density at radius 1 is 1.41 bits per heavy atom. The van der Waals surface area contributed by atoms with E-state index in [0.717, 1.165) is 17.7 Å². The van der Waals surface area contributed by atoms with Gasteiger partial charge in [-0.25, -0.2) is 0 Å². The molecule has 1 aromatic carbocycles. The highest BCUT2D eigenvalue weighted by atomic mass is 16.5. The van der Waals surface area contributed by atoms with E-state index in [2.05, 4.69) is 5.32 Å². The molecule has 0 aliphatic rings. The van der Waals surface area contributed by atoms with Gasteiger partial charge in [0.05, 0.1) is 7.11 Å². The molecular formula is C13H19NO3. The van der Waals surface area contributed by atoms with Crippen molar-refractivity contribution in [3.8, 4) is 5.75 Å². The minimum absolute atomic E-state index is 0.195. The highest BCUT2D eigenvalue weighted by Gasteiger charge is 2.09. The average Bonchev–Trinajstić information content (AvgIpc) is 2.34. The van der Waals surface area contributed by atoms with Gasteiger partial charge in [-0.2, -0.15) is 0 Å². The molecule has 1 rings (SSSR count). The standard InChI is InChI=1S/C13H19NO3/c1-14-12(4-3-5-13(15)16)10-6-8-11(17-2)9-7-10/h6-9,12,14H,3-5H2,1-2H3,(H,15,16). The third-order valence-corrected chi connectivity index (χ3v) is 2.75. The lowest BCUT2D eigenvalue weighted by Crippen LogP contribution is -2.16. The zero-order valence-corrected chi connectivity index (χ0v) is 10.3. The number of hydrogen-bond donors (Lipinski definition) is 2.